The summed E-state index contributed by atoms with van der Waals surface area (Å²) >= 11 is 0. The maximum Gasteiger partial charge on any atom is 0.119 e. The quantitative estimate of drug-likeness (QED) is 0.860. The summed E-state index contributed by atoms with van der Waals surface area (Å²) < 4.78 is 5.75. The van der Waals surface area contributed by atoms with E-state index in [4.69, 9.17) is 4.74 Å². The van der Waals surface area contributed by atoms with E-state index in [9.17, 15) is 5.11 Å². The third kappa shape index (κ3) is 5.37. The van der Waals surface area contributed by atoms with Gasteiger partial charge in [0.25, 0.3) is 0 Å². The molecule has 1 N–H and O–H groups in total. The van der Waals surface area contributed by atoms with Gasteiger partial charge in [0.2, 0.25) is 0 Å². The second-order valence-electron chi connectivity index (χ2n) is 7.87. The second kappa shape index (κ2) is 7.87. The second-order valence-corrected chi connectivity index (χ2v) is 7.87. The Morgan fingerprint density at radius 2 is 1.78 bits per heavy atom. The Morgan fingerprint density at radius 3 is 2.35 bits per heavy atom. The molecule has 0 radical (unpaired) electrons. The van der Waals surface area contributed by atoms with Crippen LogP contribution >= 0.6 is 0 Å². The maximum absolute atomic E-state index is 10.4. The van der Waals surface area contributed by atoms with E-state index in [0.29, 0.717) is 13.2 Å². The van der Waals surface area contributed by atoms with Crippen LogP contribution in [0.3, 0.4) is 0 Å². The lowest BCUT2D eigenvalue weighted by Gasteiger charge is -2.53. The van der Waals surface area contributed by atoms with E-state index in [2.05, 4.69) is 32.6 Å². The van der Waals surface area contributed by atoms with Gasteiger partial charge in [-0.15, -0.1) is 0 Å². The Bertz CT molecular complexity index is 486. The van der Waals surface area contributed by atoms with Gasteiger partial charge in [-0.2, -0.15) is 0 Å². The molecule has 1 aliphatic rings. The van der Waals surface area contributed by atoms with Gasteiger partial charge in [-0.25, -0.2) is 0 Å². The number of piperidine rings is 1. The number of likely N-dealkylation sites (tertiary alicyclic amines) is 1. The van der Waals surface area contributed by atoms with Gasteiger partial charge in [-0.3, -0.25) is 4.90 Å². The summed E-state index contributed by atoms with van der Waals surface area (Å²) in [6.45, 7) is 12.2. The Balaban J connectivity index is 0.00000264. The first-order valence-electron chi connectivity index (χ1n) is 8.36. The SMILES string of the molecule is Cc1cccc(OCC(O)CN2C(C)(C)CCCC2(C)C)c1.[Cl-]. The number of halogens is 1. The standard InChI is InChI=1S/C19H31NO2.ClH/c1-15-8-6-9-17(12-15)22-14-16(21)13-20-18(2,3)10-7-11-19(20,4)5;/h6,8-9,12,16,21H,7,10-11,13-14H2,1-5H3;1H/p-1. The average molecular weight is 341 g/mol. The minimum atomic E-state index is -0.475. The van der Waals surface area contributed by atoms with Gasteiger partial charge in [0.05, 0.1) is 0 Å². The third-order valence-corrected chi connectivity index (χ3v) is 4.86. The molecule has 4 heteroatoms. The van der Waals surface area contributed by atoms with Gasteiger partial charge in [-0.05, 0) is 71.6 Å². The highest BCUT2D eigenvalue weighted by Crippen LogP contribution is 2.38. The summed E-state index contributed by atoms with van der Waals surface area (Å²) in [5, 5.41) is 10.4. The monoisotopic (exact) mass is 340 g/mol. The molecule has 132 valence electrons. The Morgan fingerprint density at radius 1 is 1.17 bits per heavy atom. The van der Waals surface area contributed by atoms with E-state index in [0.717, 1.165) is 5.75 Å². The zero-order valence-corrected chi connectivity index (χ0v) is 15.9. The van der Waals surface area contributed by atoms with Gasteiger partial charge in [-0.1, -0.05) is 12.1 Å². The molecule has 0 aliphatic carbocycles. The fourth-order valence-corrected chi connectivity index (χ4v) is 3.70. The highest BCUT2D eigenvalue weighted by molar-refractivity contribution is 5.27. The van der Waals surface area contributed by atoms with Crippen LogP contribution in [0.5, 0.6) is 5.75 Å². The van der Waals surface area contributed by atoms with Crippen molar-refractivity contribution in [3.05, 3.63) is 29.8 Å². The summed E-state index contributed by atoms with van der Waals surface area (Å²) in [5.74, 6) is 0.830. The van der Waals surface area contributed by atoms with Crippen molar-refractivity contribution in [3.8, 4) is 5.75 Å². The molecule has 1 aliphatic heterocycles. The van der Waals surface area contributed by atoms with Crippen molar-refractivity contribution in [1.82, 2.24) is 4.90 Å². The number of aliphatic hydroxyl groups is 1. The molecular weight excluding hydrogens is 310 g/mol. The molecule has 1 heterocycles. The summed E-state index contributed by atoms with van der Waals surface area (Å²) in [6.07, 6.45) is 3.15. The van der Waals surface area contributed by atoms with Crippen molar-refractivity contribution in [2.75, 3.05) is 13.2 Å². The summed E-state index contributed by atoms with van der Waals surface area (Å²) in [4.78, 5) is 2.45. The number of hydrogen-bond donors (Lipinski definition) is 1. The predicted octanol–water partition coefficient (Wildman–Crippen LogP) is 0.782. The minimum absolute atomic E-state index is 0. The number of rotatable bonds is 5. The van der Waals surface area contributed by atoms with Gasteiger partial charge in [0, 0.05) is 17.6 Å². The summed E-state index contributed by atoms with van der Waals surface area (Å²) in [6, 6.07) is 7.96. The van der Waals surface area contributed by atoms with E-state index in [1.54, 1.807) is 0 Å². The molecular formula is C19H31ClNO2-. The van der Waals surface area contributed by atoms with E-state index >= 15 is 0 Å². The van der Waals surface area contributed by atoms with Crippen LogP contribution in [0.4, 0.5) is 0 Å². The smallest absolute Gasteiger partial charge is 0.119 e. The van der Waals surface area contributed by atoms with E-state index in [1.807, 2.05) is 31.2 Å². The molecule has 1 fully saturated rings. The molecule has 0 saturated carbocycles. The zero-order chi connectivity index (χ0) is 16.4. The lowest BCUT2D eigenvalue weighted by Crippen LogP contribution is -3.00. The van der Waals surface area contributed by atoms with Crippen molar-refractivity contribution < 1.29 is 22.3 Å². The Labute approximate surface area is 147 Å². The molecule has 2 rings (SSSR count). The first kappa shape index (κ1) is 20.3. The normalized spacial score (nSPS) is 21.3. The Hall–Kier alpha value is -0.770. The van der Waals surface area contributed by atoms with Crippen molar-refractivity contribution in [3.63, 3.8) is 0 Å². The van der Waals surface area contributed by atoms with Crippen LogP contribution in [0.25, 0.3) is 0 Å². The molecule has 0 aromatic heterocycles. The molecule has 1 unspecified atom stereocenters. The van der Waals surface area contributed by atoms with Crippen molar-refractivity contribution >= 4 is 0 Å². The fraction of sp³-hybridized carbons (Fsp3) is 0.684. The van der Waals surface area contributed by atoms with Gasteiger partial charge >= 0.3 is 0 Å². The number of ether oxygens (including phenoxy) is 1. The van der Waals surface area contributed by atoms with Crippen molar-refractivity contribution in [2.45, 2.75) is 71.1 Å². The molecule has 1 saturated heterocycles. The number of nitrogens with zero attached hydrogens (tertiary/aromatic N) is 1. The number of aryl methyl sites for hydroxylation is 1. The largest absolute Gasteiger partial charge is 1.00 e. The topological polar surface area (TPSA) is 32.7 Å². The highest BCUT2D eigenvalue weighted by Gasteiger charge is 2.41. The minimum Gasteiger partial charge on any atom is -1.00 e. The zero-order valence-electron chi connectivity index (χ0n) is 15.1. The van der Waals surface area contributed by atoms with Crippen LogP contribution in [0.2, 0.25) is 0 Å². The molecule has 1 aromatic carbocycles. The van der Waals surface area contributed by atoms with Crippen LogP contribution in [0, 0.1) is 6.92 Å². The van der Waals surface area contributed by atoms with Crippen molar-refractivity contribution in [1.29, 1.82) is 0 Å². The van der Waals surface area contributed by atoms with Crippen LogP contribution in [-0.4, -0.2) is 40.3 Å². The first-order chi connectivity index (χ1) is 10.2. The van der Waals surface area contributed by atoms with Crippen LogP contribution in [-0.2, 0) is 0 Å². The van der Waals surface area contributed by atoms with Gasteiger partial charge in [0.1, 0.15) is 18.5 Å². The van der Waals surface area contributed by atoms with E-state index < -0.39 is 6.10 Å². The van der Waals surface area contributed by atoms with Crippen molar-refractivity contribution in [2.24, 2.45) is 0 Å². The maximum atomic E-state index is 10.4. The fourth-order valence-electron chi connectivity index (χ4n) is 3.70. The molecule has 1 atom stereocenters. The van der Waals surface area contributed by atoms with Crippen LogP contribution in [0.1, 0.15) is 52.5 Å². The molecule has 23 heavy (non-hydrogen) atoms. The Kier molecular flexibility index (Phi) is 6.94. The lowest BCUT2D eigenvalue weighted by atomic mass is 9.79. The predicted molar refractivity (Wildman–Crippen MR) is 91.4 cm³/mol. The number of β-amino-alcohol motifs (C(OH)–C–C–N with tert-alkyl or cyclic N) is 1. The number of aliphatic hydroxyl groups excluding tert-OH is 1. The van der Waals surface area contributed by atoms with E-state index in [1.165, 1.54) is 24.8 Å². The molecule has 1 aromatic rings. The van der Waals surface area contributed by atoms with Crippen LogP contribution in [0.15, 0.2) is 24.3 Å². The molecule has 0 bridgehead atoms. The highest BCUT2D eigenvalue weighted by atomic mass is 35.5. The van der Waals surface area contributed by atoms with Crippen LogP contribution < -0.4 is 17.1 Å². The van der Waals surface area contributed by atoms with Gasteiger partial charge < -0.3 is 22.3 Å². The van der Waals surface area contributed by atoms with Gasteiger partial charge in [0.15, 0.2) is 0 Å². The molecule has 3 nitrogen and oxygen atoms in total. The first-order valence-corrected chi connectivity index (χ1v) is 8.36. The summed E-state index contributed by atoms with van der Waals surface area (Å²) in [7, 11) is 0. The molecule has 0 spiro atoms. The third-order valence-electron chi connectivity index (χ3n) is 4.86. The van der Waals surface area contributed by atoms with E-state index in [-0.39, 0.29) is 23.5 Å². The molecule has 0 amide bonds. The lowest BCUT2D eigenvalue weighted by molar-refractivity contribution is -0.0606. The average Bonchev–Trinajstić information content (AvgIpc) is 2.40. The summed E-state index contributed by atoms with van der Waals surface area (Å²) in [5.41, 5.74) is 1.43. The number of hydrogen-bond acceptors (Lipinski definition) is 3. The number of benzene rings is 1.